The molecule has 1 saturated heterocycles. The van der Waals surface area contributed by atoms with Gasteiger partial charge in [0, 0.05) is 25.1 Å². The highest BCUT2D eigenvalue weighted by atomic mass is 16.5. The van der Waals surface area contributed by atoms with Crippen LogP contribution in [0.25, 0.3) is 10.8 Å². The lowest BCUT2D eigenvalue weighted by atomic mass is 10.1. The highest BCUT2D eigenvalue weighted by Crippen LogP contribution is 2.15. The Bertz CT molecular complexity index is 916. The van der Waals surface area contributed by atoms with E-state index < -0.39 is 18.5 Å². The average molecular weight is 387 g/mol. The van der Waals surface area contributed by atoms with Crippen molar-refractivity contribution in [3.63, 3.8) is 0 Å². The number of aromatic nitrogens is 2. The molecule has 1 atom stereocenters. The standard InChI is InChI=1S/C20H25N3O5/c1-13(2)11-23-19(25)16-8-4-3-7-15(16)18(22-23)20(26)28-12-17(24)21-10-14-6-5-9-27-14/h3-4,7-8,13-14H,5-6,9-12H2,1-2H3,(H,21,24)/t14-/m1/s1. The predicted molar refractivity (Wildman–Crippen MR) is 103 cm³/mol. The number of esters is 1. The number of hydrogen-bond acceptors (Lipinski definition) is 6. The van der Waals surface area contributed by atoms with Crippen molar-refractivity contribution < 1.29 is 19.1 Å². The van der Waals surface area contributed by atoms with Crippen molar-refractivity contribution in [2.24, 2.45) is 5.92 Å². The second kappa shape index (κ2) is 8.97. The predicted octanol–water partition coefficient (Wildman–Crippen LogP) is 1.50. The van der Waals surface area contributed by atoms with Gasteiger partial charge in [-0.05, 0) is 24.8 Å². The lowest BCUT2D eigenvalue weighted by Gasteiger charge is -2.13. The molecular formula is C20H25N3O5. The number of benzene rings is 1. The molecule has 1 aliphatic heterocycles. The van der Waals surface area contributed by atoms with Crippen molar-refractivity contribution in [3.8, 4) is 0 Å². The molecule has 1 aliphatic rings. The highest BCUT2D eigenvalue weighted by molar-refractivity contribution is 6.02. The van der Waals surface area contributed by atoms with Gasteiger partial charge in [0.15, 0.2) is 12.3 Å². The Hall–Kier alpha value is -2.74. The number of nitrogens with one attached hydrogen (secondary N) is 1. The molecule has 0 spiro atoms. The van der Waals surface area contributed by atoms with E-state index in [9.17, 15) is 14.4 Å². The summed E-state index contributed by atoms with van der Waals surface area (Å²) in [5.74, 6) is -0.955. The van der Waals surface area contributed by atoms with Crippen LogP contribution in [-0.2, 0) is 20.8 Å². The molecule has 150 valence electrons. The first-order valence-electron chi connectivity index (χ1n) is 9.51. The number of carbonyl (C=O) groups is 2. The molecule has 1 N–H and O–H groups in total. The van der Waals surface area contributed by atoms with Gasteiger partial charge < -0.3 is 14.8 Å². The van der Waals surface area contributed by atoms with Crippen LogP contribution < -0.4 is 10.9 Å². The summed E-state index contributed by atoms with van der Waals surface area (Å²) in [7, 11) is 0. The maximum Gasteiger partial charge on any atom is 0.359 e. The molecule has 0 unspecified atom stereocenters. The van der Waals surface area contributed by atoms with Crippen LogP contribution in [-0.4, -0.2) is 47.5 Å². The molecule has 28 heavy (non-hydrogen) atoms. The number of amides is 1. The van der Waals surface area contributed by atoms with Crippen LogP contribution in [0.15, 0.2) is 29.1 Å². The topological polar surface area (TPSA) is 99.5 Å². The minimum Gasteiger partial charge on any atom is -0.451 e. The summed E-state index contributed by atoms with van der Waals surface area (Å²) < 4.78 is 11.9. The second-order valence-electron chi connectivity index (χ2n) is 7.29. The van der Waals surface area contributed by atoms with Crippen LogP contribution in [0.1, 0.15) is 37.2 Å². The normalized spacial score (nSPS) is 16.5. The molecule has 1 aromatic heterocycles. The van der Waals surface area contributed by atoms with E-state index in [4.69, 9.17) is 9.47 Å². The summed E-state index contributed by atoms with van der Waals surface area (Å²) in [6, 6.07) is 6.76. The van der Waals surface area contributed by atoms with Gasteiger partial charge >= 0.3 is 5.97 Å². The summed E-state index contributed by atoms with van der Waals surface area (Å²) in [6.45, 7) is 4.99. The fourth-order valence-electron chi connectivity index (χ4n) is 3.14. The molecule has 0 saturated carbocycles. The van der Waals surface area contributed by atoms with Crippen LogP contribution >= 0.6 is 0 Å². The maximum atomic E-state index is 12.6. The van der Waals surface area contributed by atoms with Crippen molar-refractivity contribution in [3.05, 3.63) is 40.3 Å². The summed E-state index contributed by atoms with van der Waals surface area (Å²) in [5.41, 5.74) is -0.224. The maximum absolute atomic E-state index is 12.6. The third-order valence-electron chi connectivity index (χ3n) is 4.48. The van der Waals surface area contributed by atoms with Crippen molar-refractivity contribution >= 4 is 22.6 Å². The van der Waals surface area contributed by atoms with E-state index in [1.807, 2.05) is 13.8 Å². The van der Waals surface area contributed by atoms with Gasteiger partial charge in [0.1, 0.15) is 0 Å². The van der Waals surface area contributed by atoms with Crippen molar-refractivity contribution in [1.29, 1.82) is 0 Å². The van der Waals surface area contributed by atoms with Gasteiger partial charge in [0.05, 0.1) is 11.5 Å². The zero-order valence-electron chi connectivity index (χ0n) is 16.1. The van der Waals surface area contributed by atoms with Gasteiger partial charge in [-0.25, -0.2) is 9.48 Å². The largest absolute Gasteiger partial charge is 0.451 e. The van der Waals surface area contributed by atoms with E-state index in [1.165, 1.54) is 4.68 Å². The van der Waals surface area contributed by atoms with Crippen LogP contribution in [0.4, 0.5) is 0 Å². The zero-order valence-corrected chi connectivity index (χ0v) is 16.1. The molecule has 2 aromatic rings. The molecule has 1 aromatic carbocycles. The number of hydrogen-bond donors (Lipinski definition) is 1. The Morgan fingerprint density at radius 2 is 2.07 bits per heavy atom. The third kappa shape index (κ3) is 4.75. The molecule has 8 nitrogen and oxygen atoms in total. The summed E-state index contributed by atoms with van der Waals surface area (Å²) in [5, 5.41) is 7.71. The van der Waals surface area contributed by atoms with E-state index in [0.717, 1.165) is 12.8 Å². The Labute approximate surface area is 162 Å². The van der Waals surface area contributed by atoms with Crippen LogP contribution in [0, 0.1) is 5.92 Å². The average Bonchev–Trinajstić information content (AvgIpc) is 3.20. The molecule has 2 heterocycles. The summed E-state index contributed by atoms with van der Waals surface area (Å²) in [6.07, 6.45) is 1.91. The van der Waals surface area contributed by atoms with Gasteiger partial charge in [0.2, 0.25) is 0 Å². The van der Waals surface area contributed by atoms with Crippen LogP contribution in [0.3, 0.4) is 0 Å². The Morgan fingerprint density at radius 1 is 1.32 bits per heavy atom. The number of rotatable bonds is 7. The highest BCUT2D eigenvalue weighted by Gasteiger charge is 2.20. The first-order valence-corrected chi connectivity index (χ1v) is 9.51. The van der Waals surface area contributed by atoms with Gasteiger partial charge in [0.25, 0.3) is 11.5 Å². The van der Waals surface area contributed by atoms with Crippen molar-refractivity contribution in [2.75, 3.05) is 19.8 Å². The van der Waals surface area contributed by atoms with Crippen LogP contribution in [0.2, 0.25) is 0 Å². The molecule has 1 amide bonds. The summed E-state index contributed by atoms with van der Waals surface area (Å²) in [4.78, 5) is 37.1. The SMILES string of the molecule is CC(C)Cn1nc(C(=O)OCC(=O)NC[C@H]2CCCO2)c2ccccc2c1=O. The van der Waals surface area contributed by atoms with E-state index in [2.05, 4.69) is 10.4 Å². The van der Waals surface area contributed by atoms with Gasteiger partial charge in [-0.3, -0.25) is 9.59 Å². The Kier molecular flexibility index (Phi) is 6.41. The number of nitrogens with zero attached hydrogens (tertiary/aromatic N) is 2. The zero-order chi connectivity index (χ0) is 20.1. The molecule has 1 fully saturated rings. The first kappa shape index (κ1) is 20.0. The van der Waals surface area contributed by atoms with Crippen molar-refractivity contribution in [1.82, 2.24) is 15.1 Å². The molecule has 3 rings (SSSR count). The lowest BCUT2D eigenvalue weighted by molar-refractivity contribution is -0.124. The molecule has 0 bridgehead atoms. The fourth-order valence-corrected chi connectivity index (χ4v) is 3.14. The van der Waals surface area contributed by atoms with Gasteiger partial charge in [-0.2, -0.15) is 5.10 Å². The third-order valence-corrected chi connectivity index (χ3v) is 4.48. The van der Waals surface area contributed by atoms with E-state index in [1.54, 1.807) is 24.3 Å². The monoisotopic (exact) mass is 387 g/mol. The Morgan fingerprint density at radius 3 is 2.75 bits per heavy atom. The van der Waals surface area contributed by atoms with E-state index >= 15 is 0 Å². The smallest absolute Gasteiger partial charge is 0.359 e. The molecule has 0 radical (unpaired) electrons. The van der Waals surface area contributed by atoms with E-state index in [-0.39, 0.29) is 23.3 Å². The number of fused-ring (bicyclic) bond motifs is 1. The first-order chi connectivity index (χ1) is 13.5. The minimum absolute atomic E-state index is 0.0184. The van der Waals surface area contributed by atoms with Gasteiger partial charge in [-0.1, -0.05) is 32.0 Å². The minimum atomic E-state index is -0.735. The summed E-state index contributed by atoms with van der Waals surface area (Å²) >= 11 is 0. The Balaban J connectivity index is 1.72. The molecular weight excluding hydrogens is 362 g/mol. The molecule has 8 heteroatoms. The second-order valence-corrected chi connectivity index (χ2v) is 7.29. The quantitative estimate of drug-likeness (QED) is 0.723. The molecule has 0 aliphatic carbocycles. The van der Waals surface area contributed by atoms with E-state index in [0.29, 0.717) is 30.5 Å². The van der Waals surface area contributed by atoms with Gasteiger partial charge in [-0.15, -0.1) is 0 Å². The lowest BCUT2D eigenvalue weighted by Crippen LogP contribution is -2.35. The van der Waals surface area contributed by atoms with Crippen molar-refractivity contribution in [2.45, 2.75) is 39.3 Å². The fraction of sp³-hybridized carbons (Fsp3) is 0.500. The number of ether oxygens (including phenoxy) is 2. The van der Waals surface area contributed by atoms with Crippen LogP contribution in [0.5, 0.6) is 0 Å². The number of carbonyl (C=O) groups excluding carboxylic acids is 2.